The lowest BCUT2D eigenvalue weighted by atomic mass is 10.0. The first kappa shape index (κ1) is 15.9. The van der Waals surface area contributed by atoms with Crippen LogP contribution in [0.3, 0.4) is 0 Å². The Labute approximate surface area is 126 Å². The Morgan fingerprint density at radius 3 is 2.52 bits per heavy atom. The molecule has 0 fully saturated rings. The summed E-state index contributed by atoms with van der Waals surface area (Å²) in [6, 6.07) is 3.24. The summed E-state index contributed by atoms with van der Waals surface area (Å²) in [6.45, 7) is 3.80. The van der Waals surface area contributed by atoms with Crippen molar-refractivity contribution >= 4 is 22.8 Å². The van der Waals surface area contributed by atoms with E-state index in [0.717, 1.165) is 5.04 Å². The van der Waals surface area contributed by atoms with Crippen LogP contribution in [0.1, 0.15) is 25.8 Å². The van der Waals surface area contributed by atoms with Crippen LogP contribution in [0.4, 0.5) is 8.78 Å². The molecule has 3 nitrogen and oxygen atoms in total. The molecule has 0 bridgehead atoms. The van der Waals surface area contributed by atoms with Crippen LogP contribution in [0.25, 0.3) is 0 Å². The van der Waals surface area contributed by atoms with Crippen molar-refractivity contribution in [1.82, 2.24) is 0 Å². The van der Waals surface area contributed by atoms with Crippen LogP contribution in [0, 0.1) is 11.6 Å². The molecule has 1 unspecified atom stereocenters. The van der Waals surface area contributed by atoms with E-state index in [2.05, 4.69) is 4.99 Å². The molecule has 114 valence electrons. The van der Waals surface area contributed by atoms with Crippen molar-refractivity contribution in [1.29, 1.82) is 0 Å². The molecule has 1 heterocycles. The van der Waals surface area contributed by atoms with Gasteiger partial charge >= 0.3 is 5.97 Å². The number of esters is 1. The summed E-state index contributed by atoms with van der Waals surface area (Å²) in [7, 11) is 1.32. The summed E-state index contributed by atoms with van der Waals surface area (Å²) in [6.07, 6.45) is 0.619. The van der Waals surface area contributed by atoms with E-state index < -0.39 is 22.4 Å². The van der Waals surface area contributed by atoms with Crippen LogP contribution in [-0.2, 0) is 16.0 Å². The second-order valence-electron chi connectivity index (χ2n) is 5.35. The summed E-state index contributed by atoms with van der Waals surface area (Å²) in [5, 5.41) is 0.720. The Morgan fingerprint density at radius 1 is 1.33 bits per heavy atom. The maximum absolute atomic E-state index is 13.6. The number of rotatable bonds is 4. The van der Waals surface area contributed by atoms with Crippen LogP contribution < -0.4 is 0 Å². The third-order valence-electron chi connectivity index (χ3n) is 3.39. The van der Waals surface area contributed by atoms with Gasteiger partial charge in [0.1, 0.15) is 11.6 Å². The van der Waals surface area contributed by atoms with Gasteiger partial charge in [0.2, 0.25) is 0 Å². The highest BCUT2D eigenvalue weighted by atomic mass is 32.2. The van der Waals surface area contributed by atoms with Crippen LogP contribution in [-0.4, -0.2) is 28.9 Å². The van der Waals surface area contributed by atoms with E-state index in [0.29, 0.717) is 6.42 Å². The monoisotopic (exact) mass is 313 g/mol. The SMILES string of the molecule is COC(=O)C1N=C(CCc2c(F)cccc2F)SC1(C)C. The maximum atomic E-state index is 13.6. The van der Waals surface area contributed by atoms with Crippen LogP contribution in [0.15, 0.2) is 23.2 Å². The Kier molecular flexibility index (Phi) is 4.66. The fraction of sp³-hybridized carbons (Fsp3) is 0.467. The first-order valence-electron chi connectivity index (χ1n) is 6.61. The minimum atomic E-state index is -0.576. The molecule has 1 aliphatic heterocycles. The molecule has 1 atom stereocenters. The van der Waals surface area contributed by atoms with Gasteiger partial charge in [-0.1, -0.05) is 6.07 Å². The molecule has 0 N–H and O–H groups in total. The highest BCUT2D eigenvalue weighted by molar-refractivity contribution is 8.15. The first-order chi connectivity index (χ1) is 9.85. The molecule has 21 heavy (non-hydrogen) atoms. The molecule has 0 aromatic heterocycles. The van der Waals surface area contributed by atoms with Gasteiger partial charge in [-0.2, -0.15) is 0 Å². The number of nitrogens with zero attached hydrogens (tertiary/aromatic N) is 1. The zero-order chi connectivity index (χ0) is 15.6. The molecule has 0 amide bonds. The smallest absolute Gasteiger partial charge is 0.332 e. The average Bonchev–Trinajstić information content (AvgIpc) is 2.72. The summed E-state index contributed by atoms with van der Waals surface area (Å²) in [5.74, 6) is -1.50. The van der Waals surface area contributed by atoms with Gasteiger partial charge in [0.05, 0.1) is 12.2 Å². The summed E-state index contributed by atoms with van der Waals surface area (Å²) in [4.78, 5) is 16.0. The Bertz CT molecular complexity index is 567. The third kappa shape index (κ3) is 3.43. The number of thioether (sulfide) groups is 1. The Balaban J connectivity index is 2.09. The second-order valence-corrected chi connectivity index (χ2v) is 7.08. The molecule has 0 radical (unpaired) electrons. The molecule has 1 aromatic rings. The molecule has 0 aliphatic carbocycles. The highest BCUT2D eigenvalue weighted by Crippen LogP contribution is 2.39. The largest absolute Gasteiger partial charge is 0.467 e. The van der Waals surface area contributed by atoms with E-state index in [-0.39, 0.29) is 18.0 Å². The number of benzene rings is 1. The van der Waals surface area contributed by atoms with Crippen molar-refractivity contribution in [2.45, 2.75) is 37.5 Å². The number of hydrogen-bond acceptors (Lipinski definition) is 4. The minimum Gasteiger partial charge on any atom is -0.467 e. The number of ether oxygens (including phenoxy) is 1. The van der Waals surface area contributed by atoms with Gasteiger partial charge < -0.3 is 4.74 Å². The fourth-order valence-corrected chi connectivity index (χ4v) is 3.48. The van der Waals surface area contributed by atoms with E-state index in [9.17, 15) is 13.6 Å². The standard InChI is InChI=1S/C15H17F2NO2S/c1-15(2)13(14(19)20-3)18-12(21-15)8-7-9-10(16)5-4-6-11(9)17/h4-6,13H,7-8H2,1-3H3. The number of carbonyl (C=O) groups is 1. The molecule has 1 aliphatic rings. The molecule has 2 rings (SSSR count). The molecule has 0 spiro atoms. The Hall–Kier alpha value is -1.43. The predicted molar refractivity (Wildman–Crippen MR) is 79.6 cm³/mol. The molecular formula is C15H17F2NO2S. The predicted octanol–water partition coefficient (Wildman–Crippen LogP) is 3.36. The number of carbonyl (C=O) groups excluding carboxylic acids is 1. The quantitative estimate of drug-likeness (QED) is 0.800. The van der Waals surface area contributed by atoms with Gasteiger partial charge in [-0.15, -0.1) is 11.8 Å². The van der Waals surface area contributed by atoms with Crippen molar-refractivity contribution in [2.75, 3.05) is 7.11 Å². The number of hydrogen-bond donors (Lipinski definition) is 0. The van der Waals surface area contributed by atoms with Gasteiger partial charge in [-0.25, -0.2) is 13.6 Å². The summed E-state index contributed by atoms with van der Waals surface area (Å²) >= 11 is 1.45. The lowest BCUT2D eigenvalue weighted by Gasteiger charge is -2.21. The zero-order valence-corrected chi connectivity index (χ0v) is 13.0. The van der Waals surface area contributed by atoms with Gasteiger partial charge in [0.15, 0.2) is 6.04 Å². The van der Waals surface area contributed by atoms with Crippen molar-refractivity contribution < 1.29 is 18.3 Å². The summed E-state index contributed by atoms with van der Waals surface area (Å²) in [5.41, 5.74) is 0.0557. The lowest BCUT2D eigenvalue weighted by Crippen LogP contribution is -2.35. The topological polar surface area (TPSA) is 38.7 Å². The second kappa shape index (κ2) is 6.13. The fourth-order valence-electron chi connectivity index (χ4n) is 2.25. The van der Waals surface area contributed by atoms with E-state index in [1.54, 1.807) is 0 Å². The van der Waals surface area contributed by atoms with Crippen molar-refractivity contribution in [2.24, 2.45) is 4.99 Å². The summed E-state index contributed by atoms with van der Waals surface area (Å²) < 4.78 is 31.5. The minimum absolute atomic E-state index is 0.0557. The molecule has 6 heteroatoms. The van der Waals surface area contributed by atoms with Crippen LogP contribution in [0.5, 0.6) is 0 Å². The highest BCUT2D eigenvalue weighted by Gasteiger charge is 2.42. The normalized spacial score (nSPS) is 20.2. The zero-order valence-electron chi connectivity index (χ0n) is 12.2. The molecular weight excluding hydrogens is 296 g/mol. The maximum Gasteiger partial charge on any atom is 0.332 e. The first-order valence-corrected chi connectivity index (χ1v) is 7.43. The van der Waals surface area contributed by atoms with E-state index >= 15 is 0 Å². The lowest BCUT2D eigenvalue weighted by molar-refractivity contribution is -0.142. The Morgan fingerprint density at radius 2 is 1.95 bits per heavy atom. The molecule has 1 aromatic carbocycles. The van der Waals surface area contributed by atoms with E-state index in [1.807, 2.05) is 13.8 Å². The number of aliphatic imine (C=N–C) groups is 1. The average molecular weight is 313 g/mol. The van der Waals surface area contributed by atoms with E-state index in [1.165, 1.54) is 37.1 Å². The van der Waals surface area contributed by atoms with Crippen LogP contribution in [0.2, 0.25) is 0 Å². The van der Waals surface area contributed by atoms with Crippen molar-refractivity contribution in [3.8, 4) is 0 Å². The van der Waals surface area contributed by atoms with Gasteiger partial charge in [0, 0.05) is 10.3 Å². The van der Waals surface area contributed by atoms with Gasteiger partial charge in [-0.05, 0) is 38.8 Å². The number of methoxy groups -OCH3 is 1. The van der Waals surface area contributed by atoms with Crippen LogP contribution >= 0.6 is 11.8 Å². The number of halogens is 2. The molecule has 0 saturated carbocycles. The van der Waals surface area contributed by atoms with Crippen molar-refractivity contribution in [3.05, 3.63) is 35.4 Å². The van der Waals surface area contributed by atoms with Gasteiger partial charge in [-0.3, -0.25) is 4.99 Å². The third-order valence-corrected chi connectivity index (χ3v) is 4.68. The molecule has 0 saturated heterocycles. The van der Waals surface area contributed by atoms with E-state index in [4.69, 9.17) is 4.74 Å². The van der Waals surface area contributed by atoms with Crippen molar-refractivity contribution in [3.63, 3.8) is 0 Å². The van der Waals surface area contributed by atoms with Gasteiger partial charge in [0.25, 0.3) is 0 Å².